The normalized spacial score (nSPS) is 38.1. The van der Waals surface area contributed by atoms with E-state index in [1.165, 1.54) is 0 Å². The van der Waals surface area contributed by atoms with Gasteiger partial charge in [0.05, 0.1) is 5.71 Å². The molecule has 4 heteroatoms. The van der Waals surface area contributed by atoms with E-state index in [4.69, 9.17) is 5.21 Å². The van der Waals surface area contributed by atoms with E-state index < -0.39 is 0 Å². The van der Waals surface area contributed by atoms with E-state index in [2.05, 4.69) is 12.1 Å². The molecule has 2 aliphatic rings. The maximum absolute atomic E-state index is 11.9. The summed E-state index contributed by atoms with van der Waals surface area (Å²) in [6, 6.07) is 0. The Morgan fingerprint density at radius 3 is 2.67 bits per heavy atom. The van der Waals surface area contributed by atoms with Crippen LogP contribution in [-0.2, 0) is 4.79 Å². The number of nitrogens with zero attached hydrogens (tertiary/aromatic N) is 2. The van der Waals surface area contributed by atoms with Gasteiger partial charge in [-0.1, -0.05) is 19.0 Å². The highest BCUT2D eigenvalue weighted by molar-refractivity contribution is 5.89. The van der Waals surface area contributed by atoms with E-state index >= 15 is 0 Å². The summed E-state index contributed by atoms with van der Waals surface area (Å²) in [7, 11) is 0. The van der Waals surface area contributed by atoms with E-state index in [-0.39, 0.29) is 11.8 Å². The maximum atomic E-state index is 11.9. The molecule has 1 N–H and O–H groups in total. The summed E-state index contributed by atoms with van der Waals surface area (Å²) in [6.45, 7) is 5.55. The monoisotopic (exact) mass is 210 g/mol. The molecule has 2 fully saturated rings. The number of likely N-dealkylation sites (tertiary alicyclic amines) is 1. The van der Waals surface area contributed by atoms with Crippen molar-refractivity contribution in [2.45, 2.75) is 26.7 Å². The van der Waals surface area contributed by atoms with Gasteiger partial charge in [-0.2, -0.15) is 0 Å². The topological polar surface area (TPSA) is 52.9 Å². The van der Waals surface area contributed by atoms with Crippen LogP contribution in [0.15, 0.2) is 5.16 Å². The SMILES string of the molecule is CC1CN(C(=O)C2CC2C)CCC1=NO. The van der Waals surface area contributed by atoms with Crippen molar-refractivity contribution in [2.24, 2.45) is 22.9 Å². The molecule has 1 saturated heterocycles. The van der Waals surface area contributed by atoms with Gasteiger partial charge in [0.25, 0.3) is 0 Å². The zero-order chi connectivity index (χ0) is 11.0. The molecule has 3 atom stereocenters. The number of hydrogen-bond acceptors (Lipinski definition) is 3. The molecule has 1 aliphatic heterocycles. The molecule has 0 radical (unpaired) electrons. The molecule has 1 saturated carbocycles. The molecule has 1 amide bonds. The second-order valence-electron chi connectivity index (χ2n) is 4.85. The number of rotatable bonds is 1. The minimum absolute atomic E-state index is 0.196. The predicted molar refractivity (Wildman–Crippen MR) is 56.9 cm³/mol. The van der Waals surface area contributed by atoms with E-state index in [1.807, 2.05) is 11.8 Å². The summed E-state index contributed by atoms with van der Waals surface area (Å²) in [4.78, 5) is 13.9. The average Bonchev–Trinajstić information content (AvgIpc) is 2.94. The Labute approximate surface area is 89.9 Å². The van der Waals surface area contributed by atoms with Crippen LogP contribution in [-0.4, -0.2) is 34.8 Å². The van der Waals surface area contributed by atoms with Gasteiger partial charge in [-0.15, -0.1) is 0 Å². The fourth-order valence-electron chi connectivity index (χ4n) is 2.27. The van der Waals surface area contributed by atoms with Crippen molar-refractivity contribution in [1.29, 1.82) is 0 Å². The van der Waals surface area contributed by atoms with E-state index in [0.717, 1.165) is 12.1 Å². The van der Waals surface area contributed by atoms with Gasteiger partial charge in [0.15, 0.2) is 0 Å². The van der Waals surface area contributed by atoms with Gasteiger partial charge in [0, 0.05) is 31.3 Å². The Balaban J connectivity index is 1.93. The van der Waals surface area contributed by atoms with Crippen LogP contribution in [0.5, 0.6) is 0 Å². The van der Waals surface area contributed by atoms with E-state index in [0.29, 0.717) is 31.3 Å². The standard InChI is InChI=1S/C11H18N2O2/c1-7-5-9(7)11(14)13-4-3-10(12-15)8(2)6-13/h7-9,15H,3-6H2,1-2H3. The molecule has 0 aromatic rings. The molecule has 3 unspecified atom stereocenters. The summed E-state index contributed by atoms with van der Waals surface area (Å²) >= 11 is 0. The smallest absolute Gasteiger partial charge is 0.225 e. The van der Waals surface area contributed by atoms with Gasteiger partial charge < -0.3 is 10.1 Å². The molecule has 4 nitrogen and oxygen atoms in total. The first-order valence-corrected chi connectivity index (χ1v) is 5.63. The van der Waals surface area contributed by atoms with E-state index in [1.54, 1.807) is 0 Å². The molecule has 1 aliphatic carbocycles. The molecular weight excluding hydrogens is 192 g/mol. The molecule has 0 aromatic carbocycles. The number of oxime groups is 1. The van der Waals surface area contributed by atoms with Crippen molar-refractivity contribution >= 4 is 11.6 Å². The second kappa shape index (κ2) is 3.83. The van der Waals surface area contributed by atoms with Gasteiger partial charge >= 0.3 is 0 Å². The zero-order valence-electron chi connectivity index (χ0n) is 9.31. The summed E-state index contributed by atoms with van der Waals surface area (Å²) in [5.74, 6) is 1.33. The van der Waals surface area contributed by atoms with Crippen molar-refractivity contribution < 1.29 is 10.0 Å². The molecule has 0 aromatic heterocycles. The lowest BCUT2D eigenvalue weighted by Crippen LogP contribution is -2.44. The van der Waals surface area contributed by atoms with Crippen molar-refractivity contribution in [3.05, 3.63) is 0 Å². The Morgan fingerprint density at radius 2 is 2.20 bits per heavy atom. The number of piperidine rings is 1. The third-order valence-electron chi connectivity index (χ3n) is 3.57. The quantitative estimate of drug-likeness (QED) is 0.524. The number of amides is 1. The van der Waals surface area contributed by atoms with Gasteiger partial charge in [-0.05, 0) is 12.3 Å². The van der Waals surface area contributed by atoms with Crippen LogP contribution in [0, 0.1) is 17.8 Å². The number of carbonyl (C=O) groups excluding carboxylic acids is 1. The highest BCUT2D eigenvalue weighted by Crippen LogP contribution is 2.39. The largest absolute Gasteiger partial charge is 0.411 e. The molecule has 0 spiro atoms. The predicted octanol–water partition coefficient (Wildman–Crippen LogP) is 1.34. The van der Waals surface area contributed by atoms with Crippen LogP contribution in [0.3, 0.4) is 0 Å². The minimum Gasteiger partial charge on any atom is -0.411 e. The van der Waals surface area contributed by atoms with Crippen LogP contribution < -0.4 is 0 Å². The van der Waals surface area contributed by atoms with Gasteiger partial charge in [0.2, 0.25) is 5.91 Å². The summed E-state index contributed by atoms with van der Waals surface area (Å²) in [5, 5.41) is 12.0. The van der Waals surface area contributed by atoms with Crippen molar-refractivity contribution in [1.82, 2.24) is 4.90 Å². The summed E-state index contributed by atoms with van der Waals surface area (Å²) in [5.41, 5.74) is 0.822. The highest BCUT2D eigenvalue weighted by atomic mass is 16.4. The first-order valence-electron chi connectivity index (χ1n) is 5.63. The molecule has 2 rings (SSSR count). The first kappa shape index (κ1) is 10.5. The number of carbonyl (C=O) groups is 1. The van der Waals surface area contributed by atoms with Gasteiger partial charge in [0.1, 0.15) is 0 Å². The fraction of sp³-hybridized carbons (Fsp3) is 0.818. The van der Waals surface area contributed by atoms with Gasteiger partial charge in [-0.25, -0.2) is 0 Å². The van der Waals surface area contributed by atoms with Crippen LogP contribution in [0.1, 0.15) is 26.7 Å². The van der Waals surface area contributed by atoms with Crippen LogP contribution >= 0.6 is 0 Å². The Hall–Kier alpha value is -1.06. The maximum Gasteiger partial charge on any atom is 0.225 e. The first-order chi connectivity index (χ1) is 7.13. The van der Waals surface area contributed by atoms with Crippen LogP contribution in [0.25, 0.3) is 0 Å². The number of hydrogen-bond donors (Lipinski definition) is 1. The van der Waals surface area contributed by atoms with Gasteiger partial charge in [-0.3, -0.25) is 4.79 Å². The molecular formula is C11H18N2O2. The second-order valence-corrected chi connectivity index (χ2v) is 4.85. The Kier molecular flexibility index (Phi) is 2.67. The van der Waals surface area contributed by atoms with Crippen molar-refractivity contribution in [3.8, 4) is 0 Å². The third kappa shape index (κ3) is 1.98. The lowest BCUT2D eigenvalue weighted by atomic mass is 9.97. The molecule has 84 valence electrons. The Bertz CT molecular complexity index is 301. The average molecular weight is 210 g/mol. The highest BCUT2D eigenvalue weighted by Gasteiger charge is 2.42. The lowest BCUT2D eigenvalue weighted by molar-refractivity contribution is -0.133. The lowest BCUT2D eigenvalue weighted by Gasteiger charge is -2.31. The van der Waals surface area contributed by atoms with Crippen LogP contribution in [0.2, 0.25) is 0 Å². The van der Waals surface area contributed by atoms with Crippen molar-refractivity contribution in [3.63, 3.8) is 0 Å². The minimum atomic E-state index is 0.196. The van der Waals surface area contributed by atoms with Crippen LogP contribution in [0.4, 0.5) is 0 Å². The molecule has 0 bridgehead atoms. The zero-order valence-corrected chi connectivity index (χ0v) is 9.31. The molecule has 1 heterocycles. The third-order valence-corrected chi connectivity index (χ3v) is 3.57. The Morgan fingerprint density at radius 1 is 1.53 bits per heavy atom. The molecule has 15 heavy (non-hydrogen) atoms. The van der Waals surface area contributed by atoms with E-state index in [9.17, 15) is 4.79 Å². The van der Waals surface area contributed by atoms with Crippen molar-refractivity contribution in [2.75, 3.05) is 13.1 Å². The summed E-state index contributed by atoms with van der Waals surface area (Å²) < 4.78 is 0. The fourth-order valence-corrected chi connectivity index (χ4v) is 2.27. The summed E-state index contributed by atoms with van der Waals surface area (Å²) in [6.07, 6.45) is 1.76.